The van der Waals surface area contributed by atoms with Crippen molar-refractivity contribution in [1.82, 2.24) is 0 Å². The van der Waals surface area contributed by atoms with Gasteiger partial charge in [0.25, 0.3) is 0 Å². The largest absolute Gasteiger partial charge is 0.322 e. The molecule has 2 N–H and O–H groups in total. The highest BCUT2D eigenvalue weighted by molar-refractivity contribution is 5.34. The molecule has 0 heterocycles. The average Bonchev–Trinajstić information content (AvgIpc) is 1.92. The van der Waals surface area contributed by atoms with Crippen molar-refractivity contribution in [1.29, 1.82) is 0 Å². The molecule has 0 aliphatic rings. The summed E-state index contributed by atoms with van der Waals surface area (Å²) in [5, 5.41) is 0. The summed E-state index contributed by atoms with van der Waals surface area (Å²) in [5.41, 5.74) is 9.58. The zero-order valence-electron chi connectivity index (χ0n) is 8.31. The van der Waals surface area contributed by atoms with Crippen LogP contribution in [0.25, 0.3) is 0 Å². The van der Waals surface area contributed by atoms with E-state index >= 15 is 0 Å². The summed E-state index contributed by atoms with van der Waals surface area (Å²) in [5.74, 6) is 0. The molecule has 0 spiro atoms. The van der Waals surface area contributed by atoms with Gasteiger partial charge in [0.2, 0.25) is 0 Å². The molecule has 0 amide bonds. The minimum absolute atomic E-state index is 0.226. The number of aryl methyl sites for hydroxylation is 2. The Morgan fingerprint density at radius 1 is 1.17 bits per heavy atom. The van der Waals surface area contributed by atoms with Gasteiger partial charge in [0, 0.05) is 5.54 Å². The minimum Gasteiger partial charge on any atom is -0.322 e. The molecule has 1 nitrogen and oxygen atoms in total. The lowest BCUT2D eigenvalue weighted by atomic mass is 9.90. The Kier molecular flexibility index (Phi) is 2.25. The van der Waals surface area contributed by atoms with E-state index < -0.39 is 0 Å². The molecular formula is C11H17N. The van der Waals surface area contributed by atoms with Crippen LogP contribution in [0.4, 0.5) is 0 Å². The maximum Gasteiger partial charge on any atom is 0.0355 e. The zero-order valence-corrected chi connectivity index (χ0v) is 8.31. The molecule has 0 radical (unpaired) electrons. The first-order chi connectivity index (χ1) is 5.41. The normalized spacial score (nSPS) is 11.8. The lowest BCUT2D eigenvalue weighted by Gasteiger charge is -2.22. The van der Waals surface area contributed by atoms with Gasteiger partial charge in [-0.25, -0.2) is 0 Å². The molecule has 1 rings (SSSR count). The predicted octanol–water partition coefficient (Wildman–Crippen LogP) is 2.50. The van der Waals surface area contributed by atoms with Crippen LogP contribution in [0.1, 0.15) is 30.5 Å². The van der Waals surface area contributed by atoms with Gasteiger partial charge in [0.15, 0.2) is 0 Å². The Labute approximate surface area is 74.6 Å². The van der Waals surface area contributed by atoms with Crippen molar-refractivity contribution in [2.24, 2.45) is 5.73 Å². The molecule has 12 heavy (non-hydrogen) atoms. The lowest BCUT2D eigenvalue weighted by molar-refractivity contribution is 0.550. The van der Waals surface area contributed by atoms with E-state index in [9.17, 15) is 0 Å². The molecule has 0 aliphatic heterocycles. The van der Waals surface area contributed by atoms with Crippen LogP contribution >= 0.6 is 0 Å². The highest BCUT2D eigenvalue weighted by Gasteiger charge is 2.15. The Morgan fingerprint density at radius 2 is 1.75 bits per heavy atom. The third kappa shape index (κ3) is 1.86. The summed E-state index contributed by atoms with van der Waals surface area (Å²) >= 11 is 0. The molecule has 0 bridgehead atoms. The van der Waals surface area contributed by atoms with E-state index in [4.69, 9.17) is 5.73 Å². The molecule has 1 heteroatoms. The molecule has 0 atom stereocenters. The quantitative estimate of drug-likeness (QED) is 0.676. The molecule has 0 fully saturated rings. The van der Waals surface area contributed by atoms with Crippen LogP contribution in [0, 0.1) is 13.8 Å². The molecule has 0 aromatic heterocycles. The predicted molar refractivity (Wildman–Crippen MR) is 53.1 cm³/mol. The highest BCUT2D eigenvalue weighted by atomic mass is 14.7. The summed E-state index contributed by atoms with van der Waals surface area (Å²) in [7, 11) is 0. The SMILES string of the molecule is Cc1ccc(C)c(C(C)(C)N)c1. The van der Waals surface area contributed by atoms with Crippen molar-refractivity contribution in [3.8, 4) is 0 Å². The third-order valence-corrected chi connectivity index (χ3v) is 2.09. The fraction of sp³-hybridized carbons (Fsp3) is 0.455. The number of rotatable bonds is 1. The van der Waals surface area contributed by atoms with E-state index in [0.717, 1.165) is 0 Å². The molecule has 0 saturated heterocycles. The molecular weight excluding hydrogens is 146 g/mol. The van der Waals surface area contributed by atoms with E-state index in [-0.39, 0.29) is 5.54 Å². The number of hydrogen-bond acceptors (Lipinski definition) is 1. The van der Waals surface area contributed by atoms with E-state index in [0.29, 0.717) is 0 Å². The first kappa shape index (κ1) is 9.27. The second-order valence-electron chi connectivity index (χ2n) is 4.04. The first-order valence-corrected chi connectivity index (χ1v) is 4.28. The van der Waals surface area contributed by atoms with Crippen LogP contribution in [-0.4, -0.2) is 0 Å². The Hall–Kier alpha value is -0.820. The Morgan fingerprint density at radius 3 is 2.17 bits per heavy atom. The van der Waals surface area contributed by atoms with Crippen LogP contribution in [0.5, 0.6) is 0 Å². The van der Waals surface area contributed by atoms with Gasteiger partial charge in [-0.2, -0.15) is 0 Å². The topological polar surface area (TPSA) is 26.0 Å². The Bertz CT molecular complexity index is 282. The van der Waals surface area contributed by atoms with Crippen LogP contribution in [-0.2, 0) is 5.54 Å². The van der Waals surface area contributed by atoms with E-state index in [1.807, 2.05) is 13.8 Å². The molecule has 0 saturated carbocycles. The summed E-state index contributed by atoms with van der Waals surface area (Å²) in [4.78, 5) is 0. The van der Waals surface area contributed by atoms with Crippen LogP contribution in [0.3, 0.4) is 0 Å². The van der Waals surface area contributed by atoms with E-state index in [1.54, 1.807) is 0 Å². The molecule has 0 aliphatic carbocycles. The zero-order chi connectivity index (χ0) is 9.35. The number of hydrogen-bond donors (Lipinski definition) is 1. The minimum atomic E-state index is -0.226. The fourth-order valence-corrected chi connectivity index (χ4v) is 1.43. The lowest BCUT2D eigenvalue weighted by Crippen LogP contribution is -2.29. The average molecular weight is 163 g/mol. The second-order valence-corrected chi connectivity index (χ2v) is 4.04. The third-order valence-electron chi connectivity index (χ3n) is 2.09. The van der Waals surface area contributed by atoms with Crippen LogP contribution < -0.4 is 5.73 Å². The van der Waals surface area contributed by atoms with E-state index in [1.165, 1.54) is 16.7 Å². The van der Waals surface area contributed by atoms with Crippen molar-refractivity contribution in [2.75, 3.05) is 0 Å². The standard InChI is InChI=1S/C11H17N/c1-8-5-6-9(2)10(7-8)11(3,4)12/h5-7H,12H2,1-4H3. The maximum atomic E-state index is 6.03. The van der Waals surface area contributed by atoms with Gasteiger partial charge in [-0.15, -0.1) is 0 Å². The van der Waals surface area contributed by atoms with Gasteiger partial charge in [-0.3, -0.25) is 0 Å². The summed E-state index contributed by atoms with van der Waals surface area (Å²) < 4.78 is 0. The van der Waals surface area contributed by atoms with Crippen LogP contribution in [0.15, 0.2) is 18.2 Å². The first-order valence-electron chi connectivity index (χ1n) is 4.28. The summed E-state index contributed by atoms with van der Waals surface area (Å²) in [6, 6.07) is 6.40. The van der Waals surface area contributed by atoms with E-state index in [2.05, 4.69) is 32.0 Å². The number of nitrogens with two attached hydrogens (primary N) is 1. The van der Waals surface area contributed by atoms with Crippen molar-refractivity contribution in [2.45, 2.75) is 33.2 Å². The van der Waals surface area contributed by atoms with Crippen molar-refractivity contribution in [3.05, 3.63) is 34.9 Å². The maximum absolute atomic E-state index is 6.03. The van der Waals surface area contributed by atoms with Gasteiger partial charge in [-0.1, -0.05) is 23.8 Å². The Balaban J connectivity index is 3.23. The molecule has 0 unspecified atom stereocenters. The van der Waals surface area contributed by atoms with Gasteiger partial charge in [0.05, 0.1) is 0 Å². The fourth-order valence-electron chi connectivity index (χ4n) is 1.43. The van der Waals surface area contributed by atoms with Crippen molar-refractivity contribution in [3.63, 3.8) is 0 Å². The molecule has 1 aromatic rings. The van der Waals surface area contributed by atoms with Gasteiger partial charge < -0.3 is 5.73 Å². The number of benzene rings is 1. The monoisotopic (exact) mass is 163 g/mol. The molecule has 1 aromatic carbocycles. The summed E-state index contributed by atoms with van der Waals surface area (Å²) in [6.45, 7) is 8.27. The molecule has 66 valence electrons. The summed E-state index contributed by atoms with van der Waals surface area (Å²) in [6.07, 6.45) is 0. The van der Waals surface area contributed by atoms with Crippen molar-refractivity contribution < 1.29 is 0 Å². The van der Waals surface area contributed by atoms with Gasteiger partial charge in [-0.05, 0) is 38.8 Å². The second kappa shape index (κ2) is 2.91. The van der Waals surface area contributed by atoms with Crippen LogP contribution in [0.2, 0.25) is 0 Å². The van der Waals surface area contributed by atoms with Gasteiger partial charge in [0.1, 0.15) is 0 Å². The highest BCUT2D eigenvalue weighted by Crippen LogP contribution is 2.21. The smallest absolute Gasteiger partial charge is 0.0355 e. The van der Waals surface area contributed by atoms with Gasteiger partial charge >= 0.3 is 0 Å². The van der Waals surface area contributed by atoms with Crippen molar-refractivity contribution >= 4 is 0 Å².